The van der Waals surface area contributed by atoms with Crippen molar-refractivity contribution in [1.29, 1.82) is 0 Å². The quantitative estimate of drug-likeness (QED) is 0.364. The Bertz CT molecular complexity index is 443. The van der Waals surface area contributed by atoms with E-state index in [1.165, 1.54) is 63.4 Å². The minimum absolute atomic E-state index is 0.796. The average molecular weight is 296 g/mol. The van der Waals surface area contributed by atoms with E-state index in [2.05, 4.69) is 49.9 Å². The van der Waals surface area contributed by atoms with Gasteiger partial charge in [-0.15, -0.1) is 0 Å². The van der Waals surface area contributed by atoms with Gasteiger partial charge in [-0.2, -0.15) is 0 Å². The van der Waals surface area contributed by atoms with Crippen molar-refractivity contribution in [2.24, 2.45) is 5.92 Å². The fourth-order valence-corrected chi connectivity index (χ4v) is 3.63. The zero-order valence-corrected chi connectivity index (χ0v) is 14.3. The average Bonchev–Trinajstić information content (AvgIpc) is 2.57. The molecule has 0 bridgehead atoms. The lowest BCUT2D eigenvalue weighted by Crippen LogP contribution is -2.12. The van der Waals surface area contributed by atoms with E-state index in [4.69, 9.17) is 0 Å². The van der Waals surface area contributed by atoms with Crippen molar-refractivity contribution in [3.05, 3.63) is 60.2 Å². The van der Waals surface area contributed by atoms with Gasteiger partial charge in [0.2, 0.25) is 0 Å². The number of unbranched alkanes of at least 4 members (excludes halogenated alkanes) is 2. The van der Waals surface area contributed by atoms with Crippen molar-refractivity contribution in [3.63, 3.8) is 0 Å². The molecule has 0 atom stereocenters. The molecule has 0 aromatic heterocycles. The first-order valence-corrected chi connectivity index (χ1v) is 9.20. The van der Waals surface area contributed by atoms with Crippen LogP contribution in [0.25, 0.3) is 0 Å². The van der Waals surface area contributed by atoms with Crippen molar-refractivity contribution < 1.29 is 0 Å². The van der Waals surface area contributed by atoms with Crippen LogP contribution in [0, 0.1) is 5.92 Å². The van der Waals surface area contributed by atoms with Crippen LogP contribution in [0.4, 0.5) is 0 Å². The molecule has 0 N–H and O–H groups in total. The predicted molar refractivity (Wildman–Crippen MR) is 98.3 cm³/mol. The summed E-state index contributed by atoms with van der Waals surface area (Å²) in [6.45, 7) is 6.01. The summed E-state index contributed by atoms with van der Waals surface area (Å²) in [5.41, 5.74) is 3.08. The Balaban J connectivity index is 1.78. The molecule has 0 heteroatoms. The molecule has 2 rings (SSSR count). The van der Waals surface area contributed by atoms with Crippen LogP contribution in [0.3, 0.4) is 0 Å². The molecular formula is C22H32. The number of hydrogen-bond donors (Lipinski definition) is 0. The summed E-state index contributed by atoms with van der Waals surface area (Å²) in [5, 5.41) is 0. The summed E-state index contributed by atoms with van der Waals surface area (Å²) >= 11 is 0. The van der Waals surface area contributed by atoms with Crippen molar-refractivity contribution in [2.75, 3.05) is 0 Å². The van der Waals surface area contributed by atoms with E-state index in [-0.39, 0.29) is 0 Å². The summed E-state index contributed by atoms with van der Waals surface area (Å²) in [5.74, 6) is 1.69. The number of rotatable bonds is 8. The third-order valence-corrected chi connectivity index (χ3v) is 5.11. The highest BCUT2D eigenvalue weighted by molar-refractivity contribution is 5.26. The zero-order chi connectivity index (χ0) is 15.6. The van der Waals surface area contributed by atoms with Gasteiger partial charge >= 0.3 is 0 Å². The molecule has 120 valence electrons. The maximum Gasteiger partial charge on any atom is -0.0162 e. The second-order valence-corrected chi connectivity index (χ2v) is 6.82. The molecule has 1 aromatic rings. The van der Waals surface area contributed by atoms with E-state index in [9.17, 15) is 0 Å². The lowest BCUT2D eigenvalue weighted by molar-refractivity contribution is 0.328. The van der Waals surface area contributed by atoms with E-state index in [0.29, 0.717) is 0 Å². The van der Waals surface area contributed by atoms with Gasteiger partial charge in [-0.05, 0) is 67.9 Å². The summed E-state index contributed by atoms with van der Waals surface area (Å²) < 4.78 is 0. The van der Waals surface area contributed by atoms with Gasteiger partial charge in [0.25, 0.3) is 0 Å². The molecule has 1 aromatic carbocycles. The smallest absolute Gasteiger partial charge is 0.0162 e. The van der Waals surface area contributed by atoms with Gasteiger partial charge in [-0.25, -0.2) is 0 Å². The van der Waals surface area contributed by atoms with Crippen LogP contribution in [0.1, 0.15) is 75.3 Å². The molecule has 1 saturated carbocycles. The highest BCUT2D eigenvalue weighted by Crippen LogP contribution is 2.37. The fraction of sp³-hybridized carbons (Fsp3) is 0.545. The van der Waals surface area contributed by atoms with E-state index >= 15 is 0 Å². The van der Waals surface area contributed by atoms with Crippen molar-refractivity contribution in [3.8, 4) is 0 Å². The molecule has 1 aliphatic carbocycles. The highest BCUT2D eigenvalue weighted by atomic mass is 14.3. The van der Waals surface area contributed by atoms with Crippen molar-refractivity contribution >= 4 is 0 Å². The number of aryl methyl sites for hydroxylation is 1. The van der Waals surface area contributed by atoms with Crippen LogP contribution >= 0.6 is 0 Å². The Labute approximate surface area is 137 Å². The molecule has 0 amide bonds. The molecule has 0 saturated heterocycles. The van der Waals surface area contributed by atoms with Crippen LogP contribution < -0.4 is 0 Å². The molecule has 0 unspecified atom stereocenters. The summed E-state index contributed by atoms with van der Waals surface area (Å²) in [6, 6.07) is 9.52. The summed E-state index contributed by atoms with van der Waals surface area (Å²) in [6.07, 6.45) is 18.2. The minimum atomic E-state index is 0.796. The molecule has 22 heavy (non-hydrogen) atoms. The van der Waals surface area contributed by atoms with Gasteiger partial charge < -0.3 is 0 Å². The third-order valence-electron chi connectivity index (χ3n) is 5.11. The molecule has 0 aliphatic heterocycles. The van der Waals surface area contributed by atoms with E-state index < -0.39 is 0 Å². The fourth-order valence-electron chi connectivity index (χ4n) is 3.63. The molecule has 0 radical (unpaired) electrons. The maximum absolute atomic E-state index is 3.74. The maximum atomic E-state index is 3.74. The predicted octanol–water partition coefficient (Wildman–Crippen LogP) is 6.83. The van der Waals surface area contributed by atoms with Crippen LogP contribution in [0.5, 0.6) is 0 Å². The standard InChI is InChI=1S/C22H32/c1-3-5-7-9-19-11-15-21(16-12-19)22-17-13-20(14-18-22)10-8-6-4-2/h3,5,7,13-14,17-19,21H,1,4,6,8-12,15-16H2,2H3/b7-5-. The Kier molecular flexibility index (Phi) is 7.49. The highest BCUT2D eigenvalue weighted by Gasteiger charge is 2.21. The zero-order valence-electron chi connectivity index (χ0n) is 14.3. The van der Waals surface area contributed by atoms with Gasteiger partial charge in [0, 0.05) is 0 Å². The van der Waals surface area contributed by atoms with E-state index in [1.807, 2.05) is 6.08 Å². The topological polar surface area (TPSA) is 0 Å². The molecule has 0 nitrogen and oxygen atoms in total. The van der Waals surface area contributed by atoms with Crippen LogP contribution in [0.15, 0.2) is 49.1 Å². The van der Waals surface area contributed by atoms with Crippen LogP contribution in [0.2, 0.25) is 0 Å². The Hall–Kier alpha value is -1.30. The number of allylic oxidation sites excluding steroid dienone is 3. The van der Waals surface area contributed by atoms with Crippen LogP contribution in [-0.4, -0.2) is 0 Å². The summed E-state index contributed by atoms with van der Waals surface area (Å²) in [7, 11) is 0. The molecule has 1 fully saturated rings. The van der Waals surface area contributed by atoms with E-state index in [1.54, 1.807) is 5.56 Å². The lowest BCUT2D eigenvalue weighted by Gasteiger charge is -2.28. The van der Waals surface area contributed by atoms with Crippen molar-refractivity contribution in [2.45, 2.75) is 70.6 Å². The van der Waals surface area contributed by atoms with Gasteiger partial charge in [0.05, 0.1) is 0 Å². The first-order chi connectivity index (χ1) is 10.8. The first kappa shape index (κ1) is 17.1. The molecule has 1 aliphatic rings. The second kappa shape index (κ2) is 9.66. The first-order valence-electron chi connectivity index (χ1n) is 9.20. The number of benzene rings is 1. The van der Waals surface area contributed by atoms with Crippen LogP contribution in [-0.2, 0) is 6.42 Å². The van der Waals surface area contributed by atoms with Gasteiger partial charge in [0.1, 0.15) is 0 Å². The molecular weight excluding hydrogens is 264 g/mol. The van der Waals surface area contributed by atoms with E-state index in [0.717, 1.165) is 11.8 Å². The second-order valence-electron chi connectivity index (χ2n) is 6.82. The SMILES string of the molecule is C=C/C=C\CC1CCC(c2ccc(CCCCC)cc2)CC1. The Morgan fingerprint density at radius 2 is 1.77 bits per heavy atom. The molecule has 0 spiro atoms. The lowest BCUT2D eigenvalue weighted by atomic mass is 9.77. The minimum Gasteiger partial charge on any atom is -0.0991 e. The van der Waals surface area contributed by atoms with Gasteiger partial charge in [0.15, 0.2) is 0 Å². The van der Waals surface area contributed by atoms with Gasteiger partial charge in [-0.3, -0.25) is 0 Å². The largest absolute Gasteiger partial charge is 0.0991 e. The van der Waals surface area contributed by atoms with Gasteiger partial charge in [-0.1, -0.05) is 68.8 Å². The van der Waals surface area contributed by atoms with Crippen molar-refractivity contribution in [1.82, 2.24) is 0 Å². The molecule has 0 heterocycles. The normalized spacial score (nSPS) is 22.0. The third kappa shape index (κ3) is 5.48. The number of hydrogen-bond acceptors (Lipinski definition) is 0. The Morgan fingerprint density at radius 3 is 2.41 bits per heavy atom. The monoisotopic (exact) mass is 296 g/mol. The summed E-state index contributed by atoms with van der Waals surface area (Å²) in [4.78, 5) is 0. The Morgan fingerprint density at radius 1 is 1.05 bits per heavy atom.